The highest BCUT2D eigenvalue weighted by Crippen LogP contribution is 2.06. The molecule has 0 unspecified atom stereocenters. The first kappa shape index (κ1) is 11.3. The molecule has 0 saturated heterocycles. The number of ether oxygens (including phenoxy) is 1. The first-order chi connectivity index (χ1) is 7.15. The Balaban J connectivity index is 2.70. The van der Waals surface area contributed by atoms with Gasteiger partial charge in [-0.3, -0.25) is 0 Å². The molecule has 0 bridgehead atoms. The maximum atomic E-state index is 11.3. The average molecular weight is 209 g/mol. The second-order valence-corrected chi connectivity index (χ2v) is 3.11. The molecule has 0 fully saturated rings. The molecule has 0 atom stereocenters. The lowest BCUT2D eigenvalue weighted by molar-refractivity contribution is 0.123. The molecule has 1 aliphatic rings. The van der Waals surface area contributed by atoms with Gasteiger partial charge in [-0.15, -0.1) is 0 Å². The first-order valence-corrected chi connectivity index (χ1v) is 4.71. The average Bonchev–Trinajstić information content (AvgIpc) is 2.43. The summed E-state index contributed by atoms with van der Waals surface area (Å²) in [5, 5.41) is 5.08. The minimum Gasteiger partial charge on any atom is -0.448 e. The van der Waals surface area contributed by atoms with Gasteiger partial charge in [0.15, 0.2) is 0 Å². The summed E-state index contributed by atoms with van der Waals surface area (Å²) in [4.78, 5) is 13.3. The maximum absolute atomic E-state index is 11.3. The fourth-order valence-corrected chi connectivity index (χ4v) is 1.02. The standard InChI is InChI=1S/C10H15N3O2/c1-4-15-10(14)13-8-6-9(12(2)3)5-7-11-13/h5-8H,4H2,1-3H3. The zero-order valence-corrected chi connectivity index (χ0v) is 9.17. The van der Waals surface area contributed by atoms with E-state index in [1.54, 1.807) is 25.4 Å². The molecule has 0 radical (unpaired) electrons. The van der Waals surface area contributed by atoms with Crippen molar-refractivity contribution in [1.29, 1.82) is 0 Å². The molecule has 0 aromatic heterocycles. The third-order valence-electron chi connectivity index (χ3n) is 1.79. The Bertz CT molecular complexity index is 319. The van der Waals surface area contributed by atoms with Crippen molar-refractivity contribution < 1.29 is 9.53 Å². The van der Waals surface area contributed by atoms with Crippen LogP contribution in [0, 0.1) is 0 Å². The Labute approximate surface area is 89.3 Å². The van der Waals surface area contributed by atoms with Crippen LogP contribution in [0.2, 0.25) is 0 Å². The molecule has 1 rings (SSSR count). The van der Waals surface area contributed by atoms with Gasteiger partial charge >= 0.3 is 6.09 Å². The lowest BCUT2D eigenvalue weighted by Crippen LogP contribution is -2.21. The lowest BCUT2D eigenvalue weighted by atomic mass is 10.3. The van der Waals surface area contributed by atoms with Crippen LogP contribution in [0.1, 0.15) is 6.92 Å². The van der Waals surface area contributed by atoms with Crippen LogP contribution in [0.15, 0.2) is 29.2 Å². The molecular formula is C10H15N3O2. The largest absolute Gasteiger partial charge is 0.448 e. The van der Waals surface area contributed by atoms with E-state index in [0.29, 0.717) is 6.61 Å². The quantitative estimate of drug-likeness (QED) is 0.690. The van der Waals surface area contributed by atoms with E-state index in [1.165, 1.54) is 0 Å². The van der Waals surface area contributed by atoms with E-state index in [-0.39, 0.29) is 0 Å². The molecule has 0 aliphatic carbocycles. The third kappa shape index (κ3) is 3.12. The van der Waals surface area contributed by atoms with E-state index in [2.05, 4.69) is 5.10 Å². The van der Waals surface area contributed by atoms with E-state index < -0.39 is 6.09 Å². The van der Waals surface area contributed by atoms with E-state index >= 15 is 0 Å². The maximum Gasteiger partial charge on any atom is 0.434 e. The highest BCUT2D eigenvalue weighted by atomic mass is 16.6. The highest BCUT2D eigenvalue weighted by molar-refractivity contribution is 5.77. The van der Waals surface area contributed by atoms with Gasteiger partial charge in [-0.2, -0.15) is 10.1 Å². The Morgan fingerprint density at radius 3 is 2.93 bits per heavy atom. The molecule has 1 heterocycles. The molecule has 82 valence electrons. The Morgan fingerprint density at radius 1 is 1.60 bits per heavy atom. The van der Waals surface area contributed by atoms with E-state index in [0.717, 1.165) is 10.7 Å². The number of hydrogen-bond donors (Lipinski definition) is 0. The van der Waals surface area contributed by atoms with Crippen LogP contribution in [0.4, 0.5) is 4.79 Å². The molecule has 5 heteroatoms. The van der Waals surface area contributed by atoms with Crippen molar-refractivity contribution >= 4 is 12.3 Å². The van der Waals surface area contributed by atoms with Crippen molar-refractivity contribution in [3.05, 3.63) is 24.0 Å². The first-order valence-electron chi connectivity index (χ1n) is 4.71. The van der Waals surface area contributed by atoms with Crippen molar-refractivity contribution in [3.8, 4) is 0 Å². The summed E-state index contributed by atoms with van der Waals surface area (Å²) < 4.78 is 4.82. The van der Waals surface area contributed by atoms with Crippen molar-refractivity contribution in [2.75, 3.05) is 20.7 Å². The van der Waals surface area contributed by atoms with Crippen LogP contribution < -0.4 is 0 Å². The zero-order valence-electron chi connectivity index (χ0n) is 9.17. The Morgan fingerprint density at radius 2 is 2.33 bits per heavy atom. The van der Waals surface area contributed by atoms with Crippen molar-refractivity contribution in [3.63, 3.8) is 0 Å². The van der Waals surface area contributed by atoms with Gasteiger partial charge in [-0.1, -0.05) is 0 Å². The second-order valence-electron chi connectivity index (χ2n) is 3.11. The lowest BCUT2D eigenvalue weighted by Gasteiger charge is -2.12. The molecule has 0 N–H and O–H groups in total. The van der Waals surface area contributed by atoms with Crippen LogP contribution >= 0.6 is 0 Å². The minimum absolute atomic E-state index is 0.340. The summed E-state index contributed by atoms with van der Waals surface area (Å²) in [6.45, 7) is 2.10. The van der Waals surface area contributed by atoms with Gasteiger partial charge < -0.3 is 9.64 Å². The van der Waals surface area contributed by atoms with Gasteiger partial charge in [-0.25, -0.2) is 4.79 Å². The number of amides is 1. The summed E-state index contributed by atoms with van der Waals surface area (Å²) >= 11 is 0. The fourth-order valence-electron chi connectivity index (χ4n) is 1.02. The fraction of sp³-hybridized carbons (Fsp3) is 0.400. The van der Waals surface area contributed by atoms with Gasteiger partial charge in [-0.05, 0) is 19.1 Å². The summed E-state index contributed by atoms with van der Waals surface area (Å²) in [5.74, 6) is 0. The summed E-state index contributed by atoms with van der Waals surface area (Å²) in [5.41, 5.74) is 0.963. The zero-order chi connectivity index (χ0) is 11.3. The minimum atomic E-state index is -0.474. The van der Waals surface area contributed by atoms with Gasteiger partial charge in [0.05, 0.1) is 12.8 Å². The number of carbonyl (C=O) groups excluding carboxylic acids is 1. The van der Waals surface area contributed by atoms with Crippen LogP contribution in [0.5, 0.6) is 0 Å². The molecular weight excluding hydrogens is 194 g/mol. The monoisotopic (exact) mass is 209 g/mol. The van der Waals surface area contributed by atoms with Gasteiger partial charge in [0.25, 0.3) is 0 Å². The Kier molecular flexibility index (Phi) is 3.91. The Hall–Kier alpha value is -1.78. The molecule has 1 aliphatic heterocycles. The topological polar surface area (TPSA) is 45.1 Å². The van der Waals surface area contributed by atoms with Gasteiger partial charge in [0, 0.05) is 26.0 Å². The van der Waals surface area contributed by atoms with Crippen LogP contribution in [0.3, 0.4) is 0 Å². The third-order valence-corrected chi connectivity index (χ3v) is 1.79. The molecule has 0 aromatic rings. The molecule has 0 aromatic carbocycles. The normalized spacial score (nSPS) is 14.6. The van der Waals surface area contributed by atoms with Crippen molar-refractivity contribution in [1.82, 2.24) is 9.91 Å². The molecule has 0 spiro atoms. The van der Waals surface area contributed by atoms with Gasteiger partial charge in [0.1, 0.15) is 0 Å². The van der Waals surface area contributed by atoms with Crippen molar-refractivity contribution in [2.24, 2.45) is 5.10 Å². The number of likely N-dealkylation sites (N-methyl/N-ethyl adjacent to an activating group) is 1. The van der Waals surface area contributed by atoms with Gasteiger partial charge in [0.2, 0.25) is 0 Å². The number of hydrogen-bond acceptors (Lipinski definition) is 4. The van der Waals surface area contributed by atoms with Crippen LogP contribution in [0.25, 0.3) is 0 Å². The summed E-state index contributed by atoms with van der Waals surface area (Å²) in [6, 6.07) is 0. The SMILES string of the molecule is CCOC(=O)N1C=CC(N(C)C)=CC=N1. The predicted octanol–water partition coefficient (Wildman–Crippen LogP) is 1.40. The number of allylic oxidation sites excluding steroid dienone is 2. The number of rotatable bonds is 2. The number of carbonyl (C=O) groups is 1. The number of nitrogens with zero attached hydrogens (tertiary/aromatic N) is 3. The van der Waals surface area contributed by atoms with Crippen LogP contribution in [-0.4, -0.2) is 42.9 Å². The van der Waals surface area contributed by atoms with E-state index in [1.807, 2.05) is 25.1 Å². The molecule has 0 saturated carbocycles. The second kappa shape index (κ2) is 5.19. The predicted molar refractivity (Wildman–Crippen MR) is 58.3 cm³/mol. The van der Waals surface area contributed by atoms with E-state index in [9.17, 15) is 4.79 Å². The molecule has 15 heavy (non-hydrogen) atoms. The van der Waals surface area contributed by atoms with Crippen LogP contribution in [-0.2, 0) is 4.74 Å². The summed E-state index contributed by atoms with van der Waals surface area (Å²) in [6.07, 6.45) is 6.28. The molecule has 5 nitrogen and oxygen atoms in total. The van der Waals surface area contributed by atoms with E-state index in [4.69, 9.17) is 4.74 Å². The smallest absolute Gasteiger partial charge is 0.434 e. The van der Waals surface area contributed by atoms with Crippen molar-refractivity contribution in [2.45, 2.75) is 6.92 Å². The summed E-state index contributed by atoms with van der Waals surface area (Å²) in [7, 11) is 3.84. The number of hydrazone groups is 1. The highest BCUT2D eigenvalue weighted by Gasteiger charge is 2.11. The molecule has 1 amide bonds.